The van der Waals surface area contributed by atoms with Crippen LogP contribution in [0, 0.1) is 11.8 Å². The van der Waals surface area contributed by atoms with Gasteiger partial charge in [-0.1, -0.05) is 6.08 Å². The summed E-state index contributed by atoms with van der Waals surface area (Å²) in [6, 6.07) is 0. The number of aliphatic hydroxyl groups is 1. The van der Waals surface area contributed by atoms with Gasteiger partial charge in [0.05, 0.1) is 0 Å². The Kier molecular flexibility index (Phi) is 2.86. The fraction of sp³-hybridized carbons (Fsp3) is 0.769. The van der Waals surface area contributed by atoms with Crippen LogP contribution in [0.5, 0.6) is 0 Å². The number of carbonyl (C=O) groups excluding carboxylic acids is 1. The van der Waals surface area contributed by atoms with Gasteiger partial charge in [-0.15, -0.1) is 6.58 Å². The number of rotatable bonds is 4. The third-order valence-electron chi connectivity index (χ3n) is 4.35. The monoisotopic (exact) mass is 270 g/mol. The van der Waals surface area contributed by atoms with Crippen LogP contribution in [-0.4, -0.2) is 40.1 Å². The zero-order chi connectivity index (χ0) is 13.0. The average Bonchev–Trinajstić information content (AvgIpc) is 2.46. The molecule has 0 radical (unpaired) electrons. The first kappa shape index (κ1) is 12.7. The van der Waals surface area contributed by atoms with Crippen molar-refractivity contribution in [3.63, 3.8) is 0 Å². The van der Waals surface area contributed by atoms with Gasteiger partial charge in [-0.2, -0.15) is 11.8 Å². The Bertz CT molecular complexity index is 398. The van der Waals surface area contributed by atoms with Crippen molar-refractivity contribution in [2.24, 2.45) is 11.8 Å². The van der Waals surface area contributed by atoms with Crippen LogP contribution in [0.4, 0.5) is 0 Å². The molecule has 3 fully saturated rings. The maximum absolute atomic E-state index is 12.2. The van der Waals surface area contributed by atoms with Gasteiger partial charge < -0.3 is 14.6 Å². The summed E-state index contributed by atoms with van der Waals surface area (Å²) >= 11 is 1.72. The number of hydrogen-bond donors (Lipinski definition) is 1. The van der Waals surface area contributed by atoms with Crippen LogP contribution in [0.3, 0.4) is 0 Å². The lowest BCUT2D eigenvalue weighted by molar-refractivity contribution is -0.266. The molecule has 0 amide bonds. The summed E-state index contributed by atoms with van der Waals surface area (Å²) < 4.78 is 11.5. The van der Waals surface area contributed by atoms with Crippen molar-refractivity contribution in [1.29, 1.82) is 0 Å². The summed E-state index contributed by atoms with van der Waals surface area (Å²) in [5.41, 5.74) is -0.858. The SMILES string of the molecule is C=CCSCC1[C@@H]2O[C@]3(O)C[C@H]1C(=O)C[C@]3(C)O2. The van der Waals surface area contributed by atoms with E-state index in [4.69, 9.17) is 9.47 Å². The first-order valence-electron chi connectivity index (χ1n) is 6.28. The summed E-state index contributed by atoms with van der Waals surface area (Å²) in [6.45, 7) is 5.46. The van der Waals surface area contributed by atoms with Crippen molar-refractivity contribution >= 4 is 17.5 Å². The van der Waals surface area contributed by atoms with E-state index in [2.05, 4.69) is 6.58 Å². The summed E-state index contributed by atoms with van der Waals surface area (Å²) in [5, 5.41) is 10.5. The molecule has 3 aliphatic rings. The van der Waals surface area contributed by atoms with E-state index in [9.17, 15) is 9.90 Å². The van der Waals surface area contributed by atoms with Gasteiger partial charge in [0.25, 0.3) is 0 Å². The minimum atomic E-state index is -1.27. The fourth-order valence-corrected chi connectivity index (χ4v) is 4.21. The number of carbonyl (C=O) groups is 1. The van der Waals surface area contributed by atoms with Crippen LogP contribution in [0.25, 0.3) is 0 Å². The molecule has 1 saturated carbocycles. The summed E-state index contributed by atoms with van der Waals surface area (Å²) in [5.74, 6) is 0.520. The predicted molar refractivity (Wildman–Crippen MR) is 68.1 cm³/mol. The van der Waals surface area contributed by atoms with Crippen LogP contribution in [-0.2, 0) is 14.3 Å². The van der Waals surface area contributed by atoms with Crippen LogP contribution >= 0.6 is 11.8 Å². The molecule has 1 N–H and O–H groups in total. The molecular formula is C13H18O4S. The topological polar surface area (TPSA) is 55.8 Å². The van der Waals surface area contributed by atoms with Crippen LogP contribution < -0.4 is 0 Å². The fourth-order valence-electron chi connectivity index (χ4n) is 3.25. The maximum Gasteiger partial charge on any atom is 0.198 e. The third-order valence-corrected chi connectivity index (χ3v) is 5.44. The Morgan fingerprint density at radius 2 is 2.39 bits per heavy atom. The number of ether oxygens (including phenoxy) is 2. The Balaban J connectivity index is 1.83. The molecule has 0 aromatic carbocycles. The van der Waals surface area contributed by atoms with Gasteiger partial charge in [0.15, 0.2) is 12.1 Å². The molecule has 1 aliphatic carbocycles. The molecule has 3 bridgehead atoms. The molecule has 0 aromatic heterocycles. The van der Waals surface area contributed by atoms with Gasteiger partial charge in [0, 0.05) is 36.2 Å². The number of fused-ring (bicyclic) bond motifs is 2. The second-order valence-corrected chi connectivity index (χ2v) is 6.64. The van der Waals surface area contributed by atoms with Crippen molar-refractivity contribution in [3.8, 4) is 0 Å². The second kappa shape index (κ2) is 4.07. The van der Waals surface area contributed by atoms with E-state index in [0.717, 1.165) is 11.5 Å². The molecule has 5 heteroatoms. The molecule has 2 saturated heterocycles. The first-order valence-corrected chi connectivity index (χ1v) is 7.44. The average molecular weight is 270 g/mol. The van der Waals surface area contributed by atoms with E-state index in [-0.39, 0.29) is 24.0 Å². The van der Waals surface area contributed by atoms with Crippen LogP contribution in [0.1, 0.15) is 19.8 Å². The maximum atomic E-state index is 12.2. The Hall–Kier alpha value is -0.360. The molecule has 18 heavy (non-hydrogen) atoms. The number of ketones is 1. The van der Waals surface area contributed by atoms with Crippen molar-refractivity contribution in [1.82, 2.24) is 0 Å². The largest absolute Gasteiger partial charge is 0.363 e. The zero-order valence-corrected chi connectivity index (χ0v) is 11.2. The van der Waals surface area contributed by atoms with Gasteiger partial charge in [-0.05, 0) is 6.92 Å². The van der Waals surface area contributed by atoms with Gasteiger partial charge in [0.2, 0.25) is 0 Å². The molecule has 0 aromatic rings. The Morgan fingerprint density at radius 1 is 1.61 bits per heavy atom. The van der Waals surface area contributed by atoms with Gasteiger partial charge in [-0.3, -0.25) is 4.79 Å². The Labute approximate surface area is 111 Å². The summed E-state index contributed by atoms with van der Waals surface area (Å²) in [7, 11) is 0. The van der Waals surface area contributed by atoms with E-state index >= 15 is 0 Å². The molecule has 1 unspecified atom stereocenters. The number of Topliss-reactive ketones (excluding diaryl/α,β-unsaturated/α-hetero) is 1. The van der Waals surface area contributed by atoms with E-state index in [1.165, 1.54) is 0 Å². The molecule has 5 atom stereocenters. The normalized spacial score (nSPS) is 49.7. The van der Waals surface area contributed by atoms with Crippen LogP contribution in [0.15, 0.2) is 12.7 Å². The first-order chi connectivity index (χ1) is 8.49. The molecule has 4 nitrogen and oxygen atoms in total. The quantitative estimate of drug-likeness (QED) is 0.617. The second-order valence-electron chi connectivity index (χ2n) is 5.56. The summed E-state index contributed by atoms with van der Waals surface area (Å²) in [4.78, 5) is 12.2. The van der Waals surface area contributed by atoms with Crippen molar-refractivity contribution in [2.45, 2.75) is 37.4 Å². The molecule has 3 rings (SSSR count). The minimum Gasteiger partial charge on any atom is -0.363 e. The van der Waals surface area contributed by atoms with Crippen molar-refractivity contribution in [2.75, 3.05) is 11.5 Å². The lowest BCUT2D eigenvalue weighted by Crippen LogP contribution is -2.59. The summed E-state index contributed by atoms with van der Waals surface area (Å²) in [6.07, 6.45) is 2.04. The lowest BCUT2D eigenvalue weighted by Gasteiger charge is -2.45. The number of hydrogen-bond acceptors (Lipinski definition) is 5. The van der Waals surface area contributed by atoms with Crippen LogP contribution in [0.2, 0.25) is 0 Å². The lowest BCUT2D eigenvalue weighted by atomic mass is 9.70. The smallest absolute Gasteiger partial charge is 0.198 e. The molecule has 2 heterocycles. The predicted octanol–water partition coefficient (Wildman–Crippen LogP) is 1.33. The minimum absolute atomic E-state index is 0.0482. The molecule has 0 spiro atoms. The highest BCUT2D eigenvalue weighted by atomic mass is 32.2. The van der Waals surface area contributed by atoms with Gasteiger partial charge in [-0.25, -0.2) is 0 Å². The highest BCUT2D eigenvalue weighted by molar-refractivity contribution is 7.99. The molecular weight excluding hydrogens is 252 g/mol. The Morgan fingerprint density at radius 3 is 3.11 bits per heavy atom. The third kappa shape index (κ3) is 1.61. The van der Waals surface area contributed by atoms with E-state index in [1.54, 1.807) is 18.7 Å². The highest BCUT2D eigenvalue weighted by Crippen LogP contribution is 2.56. The highest BCUT2D eigenvalue weighted by Gasteiger charge is 2.69. The van der Waals surface area contributed by atoms with Gasteiger partial charge >= 0.3 is 0 Å². The van der Waals surface area contributed by atoms with E-state index in [0.29, 0.717) is 6.42 Å². The standard InChI is InChI=1S/C13H18O4S/c1-3-4-18-7-9-8-5-13(15)12(2,6-10(8)14)16-11(9)17-13/h3,8-9,11,15H,1,4-7H2,2H3/t8-,9?,11+,12+,13-/m1/s1. The molecule has 2 aliphatic heterocycles. The van der Waals surface area contributed by atoms with Crippen molar-refractivity contribution < 1.29 is 19.4 Å². The molecule has 100 valence electrons. The number of thioether (sulfide) groups is 1. The van der Waals surface area contributed by atoms with E-state index in [1.807, 2.05) is 6.08 Å². The zero-order valence-electron chi connectivity index (χ0n) is 10.4. The van der Waals surface area contributed by atoms with Crippen molar-refractivity contribution in [3.05, 3.63) is 12.7 Å². The van der Waals surface area contributed by atoms with Gasteiger partial charge in [0.1, 0.15) is 11.4 Å². The van der Waals surface area contributed by atoms with E-state index < -0.39 is 17.7 Å².